The molecule has 0 spiro atoms. The lowest BCUT2D eigenvalue weighted by molar-refractivity contribution is -0.157. The van der Waals surface area contributed by atoms with Gasteiger partial charge in [-0.3, -0.25) is 0 Å². The number of nitrogens with two attached hydrogens (primary N) is 1. The highest BCUT2D eigenvalue weighted by Gasteiger charge is 2.42. The second-order valence-corrected chi connectivity index (χ2v) is 3.29. The first-order valence-electron chi connectivity index (χ1n) is 4.11. The van der Waals surface area contributed by atoms with Crippen molar-refractivity contribution in [2.75, 3.05) is 7.11 Å². The van der Waals surface area contributed by atoms with E-state index in [1.807, 2.05) is 0 Å². The summed E-state index contributed by atoms with van der Waals surface area (Å²) in [6.45, 7) is 0. The molecule has 78 valence electrons. The topological polar surface area (TPSA) is 52.3 Å². The number of hydrogen-bond acceptors (Lipinski definition) is 3. The van der Waals surface area contributed by atoms with Crippen molar-refractivity contribution in [3.63, 3.8) is 0 Å². The van der Waals surface area contributed by atoms with Crippen molar-refractivity contribution in [3.05, 3.63) is 0 Å². The summed E-state index contributed by atoms with van der Waals surface area (Å²) in [6.07, 6.45) is 1.51. The zero-order valence-electron chi connectivity index (χ0n) is 7.59. The Balaban J connectivity index is 0.00000144. The molecule has 0 aromatic heterocycles. The van der Waals surface area contributed by atoms with E-state index in [0.29, 0.717) is 12.8 Å². The zero-order valence-corrected chi connectivity index (χ0v) is 8.40. The van der Waals surface area contributed by atoms with Crippen molar-refractivity contribution < 1.29 is 13.9 Å². The number of hydrogen-bond donors (Lipinski definition) is 1. The summed E-state index contributed by atoms with van der Waals surface area (Å²) in [4.78, 5) is 11.0. The molecule has 1 saturated carbocycles. The molecule has 2 N–H and O–H groups in total. The average Bonchev–Trinajstić information content (AvgIpc) is 2.09. The van der Waals surface area contributed by atoms with E-state index in [2.05, 4.69) is 4.74 Å². The molecule has 0 aromatic rings. The van der Waals surface area contributed by atoms with Crippen molar-refractivity contribution in [1.82, 2.24) is 0 Å². The van der Waals surface area contributed by atoms with Crippen LogP contribution in [0.15, 0.2) is 0 Å². The molecular weight excluding hydrogens is 197 g/mol. The van der Waals surface area contributed by atoms with Crippen LogP contribution < -0.4 is 5.73 Å². The van der Waals surface area contributed by atoms with Crippen LogP contribution in [-0.4, -0.2) is 24.8 Å². The molecule has 5 heteroatoms. The Labute approximate surface area is 83.2 Å². The largest absolute Gasteiger partial charge is 0.467 e. The Bertz CT molecular complexity index is 181. The number of esters is 1. The van der Waals surface area contributed by atoms with E-state index in [-0.39, 0.29) is 31.3 Å². The molecular formula is C8H15ClFNO2. The smallest absolute Gasteiger partial charge is 0.343 e. The molecule has 0 bridgehead atoms. The van der Waals surface area contributed by atoms with Gasteiger partial charge < -0.3 is 10.5 Å². The first-order chi connectivity index (χ1) is 5.58. The average molecular weight is 212 g/mol. The molecule has 0 radical (unpaired) electrons. The number of methoxy groups -OCH3 is 1. The van der Waals surface area contributed by atoms with Gasteiger partial charge in [0.25, 0.3) is 0 Å². The van der Waals surface area contributed by atoms with Crippen LogP contribution in [0.1, 0.15) is 25.7 Å². The minimum atomic E-state index is -1.77. The molecule has 1 fully saturated rings. The summed E-state index contributed by atoms with van der Waals surface area (Å²) < 4.78 is 18.0. The van der Waals surface area contributed by atoms with Crippen LogP contribution in [0.25, 0.3) is 0 Å². The maximum absolute atomic E-state index is 13.6. The molecule has 13 heavy (non-hydrogen) atoms. The van der Waals surface area contributed by atoms with Gasteiger partial charge in [-0.05, 0) is 25.7 Å². The highest BCUT2D eigenvalue weighted by atomic mass is 35.5. The zero-order chi connectivity index (χ0) is 9.19. The fourth-order valence-electron chi connectivity index (χ4n) is 1.48. The molecule has 1 aliphatic carbocycles. The van der Waals surface area contributed by atoms with Gasteiger partial charge in [-0.15, -0.1) is 12.4 Å². The fraction of sp³-hybridized carbons (Fsp3) is 0.875. The summed E-state index contributed by atoms with van der Waals surface area (Å²) in [7, 11) is 1.21. The molecule has 0 heterocycles. The Kier molecular flexibility index (Phi) is 4.64. The Hall–Kier alpha value is -0.350. The fourth-order valence-corrected chi connectivity index (χ4v) is 1.48. The third-order valence-electron chi connectivity index (χ3n) is 2.37. The first-order valence-corrected chi connectivity index (χ1v) is 4.11. The predicted octanol–water partition coefficient (Wildman–Crippen LogP) is 1.19. The molecule has 1 aliphatic rings. The van der Waals surface area contributed by atoms with E-state index in [0.717, 1.165) is 0 Å². The maximum Gasteiger partial charge on any atom is 0.343 e. The van der Waals surface area contributed by atoms with E-state index in [1.165, 1.54) is 7.11 Å². The highest BCUT2D eigenvalue weighted by Crippen LogP contribution is 2.32. The predicted molar refractivity (Wildman–Crippen MR) is 49.5 cm³/mol. The summed E-state index contributed by atoms with van der Waals surface area (Å²) >= 11 is 0. The van der Waals surface area contributed by atoms with Crippen molar-refractivity contribution in [2.45, 2.75) is 37.4 Å². The van der Waals surface area contributed by atoms with Gasteiger partial charge >= 0.3 is 5.97 Å². The molecule has 3 nitrogen and oxygen atoms in total. The van der Waals surface area contributed by atoms with Gasteiger partial charge in [0.2, 0.25) is 5.67 Å². The third-order valence-corrected chi connectivity index (χ3v) is 2.37. The van der Waals surface area contributed by atoms with Crippen molar-refractivity contribution in [1.29, 1.82) is 0 Å². The van der Waals surface area contributed by atoms with Gasteiger partial charge in [-0.2, -0.15) is 0 Å². The monoisotopic (exact) mass is 211 g/mol. The van der Waals surface area contributed by atoms with Crippen LogP contribution >= 0.6 is 12.4 Å². The number of carbonyl (C=O) groups is 1. The SMILES string of the molecule is COC(=O)C1(F)CCC(N)CC1.Cl. The quantitative estimate of drug-likeness (QED) is 0.663. The van der Waals surface area contributed by atoms with Crippen molar-refractivity contribution in [3.8, 4) is 0 Å². The lowest BCUT2D eigenvalue weighted by atomic mass is 9.84. The van der Waals surface area contributed by atoms with Crippen molar-refractivity contribution >= 4 is 18.4 Å². The third kappa shape index (κ3) is 2.81. The summed E-state index contributed by atoms with van der Waals surface area (Å²) in [5.74, 6) is -0.755. The van der Waals surface area contributed by atoms with Gasteiger partial charge in [0.15, 0.2) is 0 Å². The van der Waals surface area contributed by atoms with Crippen LogP contribution in [0.3, 0.4) is 0 Å². The lowest BCUT2D eigenvalue weighted by Gasteiger charge is -2.29. The molecule has 0 saturated heterocycles. The maximum atomic E-state index is 13.6. The minimum absolute atomic E-state index is 0. The Morgan fingerprint density at radius 1 is 1.54 bits per heavy atom. The van der Waals surface area contributed by atoms with Crippen molar-refractivity contribution in [2.24, 2.45) is 5.73 Å². The second-order valence-electron chi connectivity index (χ2n) is 3.29. The molecule has 0 amide bonds. The number of carbonyl (C=O) groups excluding carboxylic acids is 1. The van der Waals surface area contributed by atoms with E-state index >= 15 is 0 Å². The van der Waals surface area contributed by atoms with E-state index in [4.69, 9.17) is 5.73 Å². The molecule has 0 unspecified atom stereocenters. The molecule has 1 rings (SSSR count). The summed E-state index contributed by atoms with van der Waals surface area (Å²) in [5.41, 5.74) is 3.81. The van der Waals surface area contributed by atoms with Gasteiger partial charge in [-0.25, -0.2) is 9.18 Å². The summed E-state index contributed by atoms with van der Waals surface area (Å²) in [5, 5.41) is 0. The van der Waals surface area contributed by atoms with Gasteiger partial charge in [0.05, 0.1) is 7.11 Å². The minimum Gasteiger partial charge on any atom is -0.467 e. The van der Waals surface area contributed by atoms with E-state index in [9.17, 15) is 9.18 Å². The second kappa shape index (κ2) is 4.77. The highest BCUT2D eigenvalue weighted by molar-refractivity contribution is 5.85. The number of halogens is 2. The van der Waals surface area contributed by atoms with E-state index < -0.39 is 11.6 Å². The van der Waals surface area contributed by atoms with Crippen LogP contribution in [0.5, 0.6) is 0 Å². The molecule has 0 aliphatic heterocycles. The number of alkyl halides is 1. The normalized spacial score (nSPS) is 33.3. The van der Waals surface area contributed by atoms with Gasteiger partial charge in [-0.1, -0.05) is 0 Å². The Morgan fingerprint density at radius 2 is 2.00 bits per heavy atom. The Morgan fingerprint density at radius 3 is 2.38 bits per heavy atom. The number of rotatable bonds is 1. The van der Waals surface area contributed by atoms with Crippen LogP contribution in [0.2, 0.25) is 0 Å². The molecule has 0 atom stereocenters. The first kappa shape index (κ1) is 12.7. The summed E-state index contributed by atoms with van der Waals surface area (Å²) in [6, 6.07) is 0.0403. The lowest BCUT2D eigenvalue weighted by Crippen LogP contribution is -2.42. The number of ether oxygens (including phenoxy) is 1. The van der Waals surface area contributed by atoms with E-state index in [1.54, 1.807) is 0 Å². The van der Waals surface area contributed by atoms with Crippen LogP contribution in [0, 0.1) is 0 Å². The van der Waals surface area contributed by atoms with Gasteiger partial charge in [0.1, 0.15) is 0 Å². The van der Waals surface area contributed by atoms with Gasteiger partial charge in [0, 0.05) is 6.04 Å². The van der Waals surface area contributed by atoms with Crippen LogP contribution in [0.4, 0.5) is 4.39 Å². The standard InChI is InChI=1S/C8H14FNO2.ClH/c1-12-7(11)8(9)4-2-6(10)3-5-8;/h6H,2-5,10H2,1H3;1H. The van der Waals surface area contributed by atoms with Crippen LogP contribution in [-0.2, 0) is 9.53 Å². The molecule has 0 aromatic carbocycles.